The maximum absolute atomic E-state index is 12.3. The summed E-state index contributed by atoms with van der Waals surface area (Å²) in [6, 6.07) is 7.23. The maximum atomic E-state index is 12.3. The second-order valence-electron chi connectivity index (χ2n) is 4.13. The van der Waals surface area contributed by atoms with E-state index < -0.39 is 0 Å². The summed E-state index contributed by atoms with van der Waals surface area (Å²) >= 11 is 6.80. The third-order valence-corrected chi connectivity index (χ3v) is 3.98. The van der Waals surface area contributed by atoms with Gasteiger partial charge in [0, 0.05) is 27.8 Å². The van der Waals surface area contributed by atoms with Crippen LogP contribution in [0.25, 0.3) is 0 Å². The number of anilines is 1. The third kappa shape index (κ3) is 3.24. The number of hydrogen-bond acceptors (Lipinski definition) is 2. The minimum atomic E-state index is -0.161. The zero-order chi connectivity index (χ0) is 14.7. The van der Waals surface area contributed by atoms with Gasteiger partial charge in [0.2, 0.25) is 0 Å². The van der Waals surface area contributed by atoms with Crippen molar-refractivity contribution in [3.05, 3.63) is 45.1 Å². The molecule has 0 radical (unpaired) electrons. The number of aryl methyl sites for hydroxylation is 1. The topological polar surface area (TPSA) is 43.3 Å². The molecule has 0 aliphatic rings. The van der Waals surface area contributed by atoms with E-state index in [0.29, 0.717) is 17.1 Å². The molecule has 2 rings (SSSR count). The maximum Gasteiger partial charge on any atom is 0.272 e. The molecule has 0 aliphatic heterocycles. The molecule has 0 aliphatic carbocycles. The predicted octanol–water partition coefficient (Wildman–Crippen LogP) is 4.29. The molecule has 2 aromatic rings. The van der Waals surface area contributed by atoms with Crippen molar-refractivity contribution in [1.29, 1.82) is 0 Å². The number of benzene rings is 1. The molecule has 4 nitrogen and oxygen atoms in total. The fraction of sp³-hybridized carbons (Fsp3) is 0.214. The number of hydrogen-bond donors (Lipinski definition) is 1. The molecule has 0 unspecified atom stereocenters. The minimum Gasteiger partial charge on any atom is -0.497 e. The normalized spacial score (nSPS) is 10.4. The largest absolute Gasteiger partial charge is 0.497 e. The molecule has 6 heteroatoms. The van der Waals surface area contributed by atoms with Gasteiger partial charge in [-0.3, -0.25) is 4.79 Å². The predicted molar refractivity (Wildman–Crippen MR) is 86.5 cm³/mol. The van der Waals surface area contributed by atoms with Crippen LogP contribution in [0, 0.1) is 0 Å². The van der Waals surface area contributed by atoms with E-state index in [-0.39, 0.29) is 5.91 Å². The quantitative estimate of drug-likeness (QED) is 0.830. The molecule has 1 aromatic heterocycles. The Hall–Kier alpha value is -1.27. The van der Waals surface area contributed by atoms with Crippen molar-refractivity contribution in [2.45, 2.75) is 13.5 Å². The first kappa shape index (κ1) is 15.1. The van der Waals surface area contributed by atoms with Crippen LogP contribution in [0.3, 0.4) is 0 Å². The molecular formula is C14H14Br2N2O2. The van der Waals surface area contributed by atoms with Gasteiger partial charge in [0.15, 0.2) is 0 Å². The zero-order valence-corrected chi connectivity index (χ0v) is 14.3. The Labute approximate surface area is 134 Å². The second-order valence-corrected chi connectivity index (χ2v) is 5.90. The van der Waals surface area contributed by atoms with Crippen LogP contribution in [0.5, 0.6) is 5.75 Å². The van der Waals surface area contributed by atoms with Crippen LogP contribution in [0.1, 0.15) is 17.4 Å². The van der Waals surface area contributed by atoms with Gasteiger partial charge in [-0.25, -0.2) is 0 Å². The van der Waals surface area contributed by atoms with Crippen molar-refractivity contribution in [3.8, 4) is 5.75 Å². The third-order valence-electron chi connectivity index (χ3n) is 2.86. The first-order valence-corrected chi connectivity index (χ1v) is 7.64. The lowest BCUT2D eigenvalue weighted by atomic mass is 10.3. The van der Waals surface area contributed by atoms with Crippen LogP contribution in [-0.4, -0.2) is 17.6 Å². The molecule has 0 fully saturated rings. The Balaban J connectivity index is 2.27. The van der Waals surface area contributed by atoms with Crippen LogP contribution in [0.4, 0.5) is 5.69 Å². The van der Waals surface area contributed by atoms with Gasteiger partial charge in [-0.05, 0) is 57.0 Å². The van der Waals surface area contributed by atoms with Crippen LogP contribution in [0.15, 0.2) is 39.4 Å². The van der Waals surface area contributed by atoms with E-state index in [1.54, 1.807) is 19.2 Å². The van der Waals surface area contributed by atoms with E-state index in [0.717, 1.165) is 15.5 Å². The highest BCUT2D eigenvalue weighted by atomic mass is 79.9. The Bertz CT molecular complexity index is 638. The van der Waals surface area contributed by atoms with Gasteiger partial charge >= 0.3 is 0 Å². The lowest BCUT2D eigenvalue weighted by molar-refractivity contribution is 0.101. The number of nitrogens with one attached hydrogen (secondary N) is 1. The summed E-state index contributed by atoms with van der Waals surface area (Å²) in [5, 5.41) is 2.88. The van der Waals surface area contributed by atoms with Crippen molar-refractivity contribution < 1.29 is 9.53 Å². The van der Waals surface area contributed by atoms with E-state index in [2.05, 4.69) is 37.2 Å². The molecule has 20 heavy (non-hydrogen) atoms. The Morgan fingerprint density at radius 2 is 2.10 bits per heavy atom. The molecule has 0 saturated carbocycles. The minimum absolute atomic E-state index is 0.161. The van der Waals surface area contributed by atoms with Gasteiger partial charge in [0.05, 0.1) is 12.8 Å². The van der Waals surface area contributed by atoms with Gasteiger partial charge in [-0.1, -0.05) is 0 Å². The van der Waals surface area contributed by atoms with E-state index in [1.807, 2.05) is 29.8 Å². The summed E-state index contributed by atoms with van der Waals surface area (Å²) in [6.07, 6.45) is 1.88. The zero-order valence-electron chi connectivity index (χ0n) is 11.1. The number of aromatic nitrogens is 1. The molecule has 0 atom stereocenters. The summed E-state index contributed by atoms with van der Waals surface area (Å²) in [7, 11) is 1.59. The van der Waals surface area contributed by atoms with Crippen LogP contribution < -0.4 is 10.1 Å². The number of rotatable bonds is 4. The monoisotopic (exact) mass is 400 g/mol. The highest BCUT2D eigenvalue weighted by Gasteiger charge is 2.14. The highest BCUT2D eigenvalue weighted by Crippen LogP contribution is 2.28. The van der Waals surface area contributed by atoms with Crippen LogP contribution >= 0.6 is 31.9 Å². The van der Waals surface area contributed by atoms with Crippen molar-refractivity contribution in [2.75, 3.05) is 12.4 Å². The molecule has 0 saturated heterocycles. The summed E-state index contributed by atoms with van der Waals surface area (Å²) < 4.78 is 8.73. The van der Waals surface area contributed by atoms with E-state index >= 15 is 0 Å². The first-order valence-electron chi connectivity index (χ1n) is 6.05. The Morgan fingerprint density at radius 3 is 2.75 bits per heavy atom. The van der Waals surface area contributed by atoms with E-state index in [9.17, 15) is 4.79 Å². The number of carbonyl (C=O) groups excluding carboxylic acids is 1. The van der Waals surface area contributed by atoms with Gasteiger partial charge in [0.1, 0.15) is 11.4 Å². The molecule has 1 amide bonds. The van der Waals surface area contributed by atoms with Crippen molar-refractivity contribution in [3.63, 3.8) is 0 Å². The van der Waals surface area contributed by atoms with E-state index in [1.165, 1.54) is 0 Å². The number of amides is 1. The summed E-state index contributed by atoms with van der Waals surface area (Å²) in [6.45, 7) is 2.72. The Morgan fingerprint density at radius 1 is 1.35 bits per heavy atom. The van der Waals surface area contributed by atoms with Crippen LogP contribution in [0.2, 0.25) is 0 Å². The van der Waals surface area contributed by atoms with Gasteiger partial charge in [0.25, 0.3) is 5.91 Å². The van der Waals surface area contributed by atoms with Crippen molar-refractivity contribution in [1.82, 2.24) is 4.57 Å². The van der Waals surface area contributed by atoms with Gasteiger partial charge in [-0.2, -0.15) is 0 Å². The number of ether oxygens (including phenoxy) is 1. The first-order chi connectivity index (χ1) is 9.55. The highest BCUT2D eigenvalue weighted by molar-refractivity contribution is 9.10. The smallest absolute Gasteiger partial charge is 0.272 e. The average molecular weight is 402 g/mol. The Kier molecular flexibility index (Phi) is 4.88. The van der Waals surface area contributed by atoms with E-state index in [4.69, 9.17) is 4.74 Å². The number of halogens is 2. The number of methoxy groups -OCH3 is 1. The fourth-order valence-electron chi connectivity index (χ4n) is 1.84. The molecule has 1 N–H and O–H groups in total. The number of carbonyl (C=O) groups is 1. The average Bonchev–Trinajstić information content (AvgIpc) is 2.82. The molecular weight excluding hydrogens is 388 g/mol. The number of nitrogens with zero attached hydrogens (tertiary/aromatic N) is 1. The summed E-state index contributed by atoms with van der Waals surface area (Å²) in [5.41, 5.74) is 1.28. The van der Waals surface area contributed by atoms with Crippen molar-refractivity contribution in [2.24, 2.45) is 0 Å². The molecule has 0 bridgehead atoms. The molecule has 1 aromatic carbocycles. The van der Waals surface area contributed by atoms with Crippen LogP contribution in [-0.2, 0) is 6.54 Å². The second kappa shape index (κ2) is 6.45. The fourth-order valence-corrected chi connectivity index (χ4v) is 2.65. The lowest BCUT2D eigenvalue weighted by Gasteiger charge is -2.10. The summed E-state index contributed by atoms with van der Waals surface area (Å²) in [4.78, 5) is 12.3. The molecule has 0 spiro atoms. The lowest BCUT2D eigenvalue weighted by Crippen LogP contribution is -2.16. The molecule has 1 heterocycles. The standard InChI is InChI=1S/C14H14Br2N2O2/c1-3-18-8-9(15)6-13(18)14(19)17-12-7-10(20-2)4-5-11(12)16/h4-8H,3H2,1-2H3,(H,17,19). The summed E-state index contributed by atoms with van der Waals surface area (Å²) in [5.74, 6) is 0.530. The van der Waals surface area contributed by atoms with Crippen molar-refractivity contribution >= 4 is 43.5 Å². The van der Waals surface area contributed by atoms with Gasteiger partial charge < -0.3 is 14.6 Å². The molecule has 106 valence electrons. The van der Waals surface area contributed by atoms with Gasteiger partial charge in [-0.15, -0.1) is 0 Å². The SMILES string of the molecule is CCn1cc(Br)cc1C(=O)Nc1cc(OC)ccc1Br.